The highest BCUT2D eigenvalue weighted by Crippen LogP contribution is 2.34. The number of ether oxygens (including phenoxy) is 2. The molecule has 2 amide bonds. The summed E-state index contributed by atoms with van der Waals surface area (Å²) in [6.07, 6.45) is 2.42. The summed E-state index contributed by atoms with van der Waals surface area (Å²) in [5, 5.41) is 9.62. The van der Waals surface area contributed by atoms with E-state index < -0.39 is 0 Å². The Labute approximate surface area is 178 Å². The molecule has 0 bridgehead atoms. The summed E-state index contributed by atoms with van der Waals surface area (Å²) in [5.41, 5.74) is 1.61. The van der Waals surface area contributed by atoms with Crippen LogP contribution in [0.5, 0.6) is 5.75 Å². The molecule has 1 unspecified atom stereocenters. The van der Waals surface area contributed by atoms with Gasteiger partial charge < -0.3 is 19.5 Å². The number of carbonyl (C=O) groups excluding carboxylic acids is 2. The largest absolute Gasteiger partial charge is 0.494 e. The normalized spacial score (nSPS) is 19.8. The topological polar surface area (TPSA) is 79.3 Å². The van der Waals surface area contributed by atoms with E-state index in [0.29, 0.717) is 62.7 Å². The minimum Gasteiger partial charge on any atom is -0.494 e. The SMILES string of the molecule is CCOCCCN1C(=O)C(c2ccc(OCC)cc2)=C(N2CCCC(CO)C2)C1=O. The maximum Gasteiger partial charge on any atom is 0.277 e. The molecule has 1 aromatic rings. The molecule has 2 aliphatic heterocycles. The number of aliphatic hydroxyl groups is 1. The van der Waals surface area contributed by atoms with Gasteiger partial charge in [-0.3, -0.25) is 14.5 Å². The molecule has 1 N–H and O–H groups in total. The first-order chi connectivity index (χ1) is 14.6. The molecule has 30 heavy (non-hydrogen) atoms. The Morgan fingerprint density at radius 3 is 2.53 bits per heavy atom. The van der Waals surface area contributed by atoms with E-state index >= 15 is 0 Å². The van der Waals surface area contributed by atoms with Crippen LogP contribution < -0.4 is 4.74 Å². The molecule has 7 nitrogen and oxygen atoms in total. The number of amides is 2. The highest BCUT2D eigenvalue weighted by atomic mass is 16.5. The van der Waals surface area contributed by atoms with Gasteiger partial charge >= 0.3 is 0 Å². The zero-order valence-corrected chi connectivity index (χ0v) is 17.9. The van der Waals surface area contributed by atoms with E-state index in [0.717, 1.165) is 18.6 Å². The van der Waals surface area contributed by atoms with Gasteiger partial charge in [-0.05, 0) is 56.7 Å². The molecule has 7 heteroatoms. The van der Waals surface area contributed by atoms with Crippen LogP contribution in [0.3, 0.4) is 0 Å². The number of hydrogen-bond acceptors (Lipinski definition) is 6. The fraction of sp³-hybridized carbons (Fsp3) is 0.565. The number of likely N-dealkylation sites (tertiary alicyclic amines) is 1. The van der Waals surface area contributed by atoms with Gasteiger partial charge in [0.1, 0.15) is 11.4 Å². The number of rotatable bonds is 10. The third-order valence-corrected chi connectivity index (χ3v) is 5.57. The van der Waals surface area contributed by atoms with Crippen LogP contribution in [0.1, 0.15) is 38.7 Å². The number of carbonyl (C=O) groups is 2. The number of hydrogen-bond donors (Lipinski definition) is 1. The molecule has 1 aromatic carbocycles. The second-order valence-electron chi connectivity index (χ2n) is 7.63. The van der Waals surface area contributed by atoms with Crippen molar-refractivity contribution in [3.05, 3.63) is 35.5 Å². The molecular weight excluding hydrogens is 384 g/mol. The summed E-state index contributed by atoms with van der Waals surface area (Å²) in [4.78, 5) is 29.9. The van der Waals surface area contributed by atoms with E-state index in [2.05, 4.69) is 0 Å². The lowest BCUT2D eigenvalue weighted by molar-refractivity contribution is -0.137. The average Bonchev–Trinajstić information content (AvgIpc) is 3.02. The van der Waals surface area contributed by atoms with Gasteiger partial charge in [0, 0.05) is 39.5 Å². The van der Waals surface area contributed by atoms with Crippen molar-refractivity contribution in [1.82, 2.24) is 9.80 Å². The van der Waals surface area contributed by atoms with Crippen LogP contribution in [0.15, 0.2) is 30.0 Å². The van der Waals surface area contributed by atoms with Gasteiger partial charge in [-0.25, -0.2) is 0 Å². The van der Waals surface area contributed by atoms with Gasteiger partial charge in [0.25, 0.3) is 11.8 Å². The van der Waals surface area contributed by atoms with Gasteiger partial charge in [0.15, 0.2) is 0 Å². The maximum atomic E-state index is 13.3. The van der Waals surface area contributed by atoms with Crippen molar-refractivity contribution >= 4 is 17.4 Å². The van der Waals surface area contributed by atoms with Gasteiger partial charge in [-0.15, -0.1) is 0 Å². The molecule has 164 valence electrons. The summed E-state index contributed by atoms with van der Waals surface area (Å²) in [7, 11) is 0. The van der Waals surface area contributed by atoms with Crippen LogP contribution in [0, 0.1) is 5.92 Å². The molecule has 0 aliphatic carbocycles. The van der Waals surface area contributed by atoms with Crippen molar-refractivity contribution < 1.29 is 24.2 Å². The Morgan fingerprint density at radius 1 is 1.10 bits per heavy atom. The summed E-state index contributed by atoms with van der Waals surface area (Å²) >= 11 is 0. The third-order valence-electron chi connectivity index (χ3n) is 5.57. The van der Waals surface area contributed by atoms with Crippen molar-refractivity contribution in [3.63, 3.8) is 0 Å². The molecule has 1 atom stereocenters. The summed E-state index contributed by atoms with van der Waals surface area (Å²) in [6, 6.07) is 7.32. The van der Waals surface area contributed by atoms with Gasteiger partial charge in [0.05, 0.1) is 12.2 Å². The third kappa shape index (κ3) is 4.84. The van der Waals surface area contributed by atoms with Gasteiger partial charge in [0.2, 0.25) is 0 Å². The van der Waals surface area contributed by atoms with E-state index in [1.807, 2.05) is 43.0 Å². The Balaban J connectivity index is 1.91. The van der Waals surface area contributed by atoms with Crippen molar-refractivity contribution in [2.24, 2.45) is 5.92 Å². The molecule has 2 aliphatic rings. The van der Waals surface area contributed by atoms with Crippen molar-refractivity contribution in [2.75, 3.05) is 46.1 Å². The van der Waals surface area contributed by atoms with Crippen LogP contribution in [-0.4, -0.2) is 72.8 Å². The van der Waals surface area contributed by atoms with Crippen molar-refractivity contribution in [3.8, 4) is 5.75 Å². The predicted molar refractivity (Wildman–Crippen MR) is 114 cm³/mol. The number of nitrogens with zero attached hydrogens (tertiary/aromatic N) is 2. The number of benzene rings is 1. The molecular formula is C23H32N2O5. The second-order valence-corrected chi connectivity index (χ2v) is 7.63. The van der Waals surface area contributed by atoms with Crippen LogP contribution >= 0.6 is 0 Å². The molecule has 0 spiro atoms. The van der Waals surface area contributed by atoms with E-state index in [9.17, 15) is 14.7 Å². The summed E-state index contributed by atoms with van der Waals surface area (Å²) in [5.74, 6) is 0.329. The van der Waals surface area contributed by atoms with Crippen LogP contribution in [-0.2, 0) is 14.3 Å². The Kier molecular flexibility index (Phi) is 7.87. The van der Waals surface area contributed by atoms with E-state index in [4.69, 9.17) is 9.47 Å². The van der Waals surface area contributed by atoms with Crippen molar-refractivity contribution in [1.29, 1.82) is 0 Å². The van der Waals surface area contributed by atoms with Crippen LogP contribution in [0.2, 0.25) is 0 Å². The average molecular weight is 417 g/mol. The predicted octanol–water partition coefficient (Wildman–Crippen LogP) is 2.30. The molecule has 0 saturated carbocycles. The molecule has 1 fully saturated rings. The minimum atomic E-state index is -0.262. The fourth-order valence-corrected chi connectivity index (χ4v) is 4.09. The maximum absolute atomic E-state index is 13.3. The van der Waals surface area contributed by atoms with Gasteiger partial charge in [-0.2, -0.15) is 0 Å². The summed E-state index contributed by atoms with van der Waals surface area (Å²) in [6.45, 7) is 7.23. The fourth-order valence-electron chi connectivity index (χ4n) is 4.09. The smallest absolute Gasteiger partial charge is 0.277 e. The Hall–Kier alpha value is -2.38. The summed E-state index contributed by atoms with van der Waals surface area (Å²) < 4.78 is 10.9. The number of aliphatic hydroxyl groups excluding tert-OH is 1. The lowest BCUT2D eigenvalue weighted by atomic mass is 9.97. The highest BCUT2D eigenvalue weighted by molar-refractivity contribution is 6.35. The quantitative estimate of drug-likeness (QED) is 0.466. The lowest BCUT2D eigenvalue weighted by Crippen LogP contribution is -2.40. The zero-order chi connectivity index (χ0) is 21.5. The zero-order valence-electron chi connectivity index (χ0n) is 17.9. The molecule has 1 saturated heterocycles. The molecule has 3 rings (SSSR count). The first-order valence-electron chi connectivity index (χ1n) is 10.9. The highest BCUT2D eigenvalue weighted by Gasteiger charge is 2.42. The first kappa shape index (κ1) is 22.3. The Morgan fingerprint density at radius 2 is 1.87 bits per heavy atom. The number of piperidine rings is 1. The van der Waals surface area contributed by atoms with Gasteiger partial charge in [-0.1, -0.05) is 12.1 Å². The first-order valence-corrected chi connectivity index (χ1v) is 10.9. The molecule has 2 heterocycles. The van der Waals surface area contributed by atoms with E-state index in [1.54, 1.807) is 0 Å². The van der Waals surface area contributed by atoms with E-state index in [-0.39, 0.29) is 24.3 Å². The molecule has 0 aromatic heterocycles. The number of imide groups is 1. The van der Waals surface area contributed by atoms with Crippen LogP contribution in [0.4, 0.5) is 0 Å². The Bertz CT molecular complexity index is 774. The monoisotopic (exact) mass is 416 g/mol. The van der Waals surface area contributed by atoms with Crippen molar-refractivity contribution in [2.45, 2.75) is 33.1 Å². The molecule has 0 radical (unpaired) electrons. The van der Waals surface area contributed by atoms with E-state index in [1.165, 1.54) is 4.90 Å². The van der Waals surface area contributed by atoms with Crippen LogP contribution in [0.25, 0.3) is 5.57 Å². The minimum absolute atomic E-state index is 0.0857. The lowest BCUT2D eigenvalue weighted by Gasteiger charge is -2.34. The standard InChI is InChI=1S/C23H32N2O5/c1-3-29-14-6-13-25-22(27)20(18-8-10-19(11-9-18)30-4-2)21(23(25)28)24-12-5-7-17(15-24)16-26/h8-11,17,26H,3-7,12-16H2,1-2H3. The second kappa shape index (κ2) is 10.6.